The quantitative estimate of drug-likeness (QED) is 0.865. The zero-order valence-electron chi connectivity index (χ0n) is 14.8. The summed E-state index contributed by atoms with van der Waals surface area (Å²) in [6.07, 6.45) is 7.17. The van der Waals surface area contributed by atoms with Gasteiger partial charge in [-0.05, 0) is 31.1 Å². The second-order valence-electron chi connectivity index (χ2n) is 6.30. The van der Waals surface area contributed by atoms with E-state index in [1.165, 1.54) is 18.3 Å². The number of allylic oxidation sites excluding steroid dienone is 3. The molecule has 2 heterocycles. The maximum absolute atomic E-state index is 12.2. The predicted molar refractivity (Wildman–Crippen MR) is 102 cm³/mol. The molecule has 1 aliphatic carbocycles. The highest BCUT2D eigenvalue weighted by molar-refractivity contribution is 7.14. The fourth-order valence-electron chi connectivity index (χ4n) is 3.12. The molecule has 1 aliphatic rings. The molecule has 0 aliphatic heterocycles. The molecule has 6 nitrogen and oxygen atoms in total. The van der Waals surface area contributed by atoms with E-state index in [0.717, 1.165) is 17.0 Å². The molecule has 0 aromatic carbocycles. The molecule has 2 aromatic heterocycles. The van der Waals surface area contributed by atoms with E-state index < -0.39 is 0 Å². The monoisotopic (exact) mass is 368 g/mol. The average molecular weight is 368 g/mol. The number of nitrogens with one attached hydrogen (secondary N) is 2. The molecule has 26 heavy (non-hydrogen) atoms. The first-order chi connectivity index (χ1) is 12.4. The van der Waals surface area contributed by atoms with Crippen LogP contribution < -0.4 is 10.6 Å². The highest BCUT2D eigenvalue weighted by atomic mass is 32.1. The van der Waals surface area contributed by atoms with E-state index >= 15 is 0 Å². The first kappa shape index (κ1) is 18.0. The number of pyridine rings is 1. The molecule has 2 aromatic rings. The minimum absolute atomic E-state index is 0.0827. The Labute approximate surface area is 156 Å². The SMILES string of the molecule is CC(=O)NC1=CC(C)C(c2csc(NC(=O)c3ccncc3)n2)C(C)=C1. The topological polar surface area (TPSA) is 84.0 Å². The predicted octanol–water partition coefficient (Wildman–Crippen LogP) is 3.49. The van der Waals surface area contributed by atoms with Crippen molar-refractivity contribution in [3.63, 3.8) is 0 Å². The van der Waals surface area contributed by atoms with Gasteiger partial charge in [-0.15, -0.1) is 11.3 Å². The second-order valence-corrected chi connectivity index (χ2v) is 7.15. The van der Waals surface area contributed by atoms with Crippen LogP contribution in [0.3, 0.4) is 0 Å². The van der Waals surface area contributed by atoms with Gasteiger partial charge in [0.1, 0.15) is 0 Å². The maximum Gasteiger partial charge on any atom is 0.257 e. The van der Waals surface area contributed by atoms with Crippen LogP contribution in [-0.2, 0) is 4.79 Å². The Kier molecular flexibility index (Phi) is 5.27. The number of rotatable bonds is 4. The minimum Gasteiger partial charge on any atom is -0.327 e. The number of carbonyl (C=O) groups is 2. The Balaban J connectivity index is 1.74. The van der Waals surface area contributed by atoms with Crippen LogP contribution in [0.5, 0.6) is 0 Å². The second kappa shape index (κ2) is 7.61. The van der Waals surface area contributed by atoms with Crippen molar-refractivity contribution in [2.75, 3.05) is 5.32 Å². The lowest BCUT2D eigenvalue weighted by Crippen LogP contribution is -2.23. The number of hydrogen-bond donors (Lipinski definition) is 2. The molecule has 3 rings (SSSR count). The van der Waals surface area contributed by atoms with Gasteiger partial charge in [-0.2, -0.15) is 0 Å². The number of nitrogens with zero attached hydrogens (tertiary/aromatic N) is 2. The summed E-state index contributed by atoms with van der Waals surface area (Å²) in [5.74, 6) is 0.0221. The van der Waals surface area contributed by atoms with Gasteiger partial charge in [0.05, 0.1) is 5.69 Å². The smallest absolute Gasteiger partial charge is 0.257 e. The molecule has 134 valence electrons. The highest BCUT2D eigenvalue weighted by Gasteiger charge is 2.26. The van der Waals surface area contributed by atoms with Gasteiger partial charge in [0.15, 0.2) is 5.13 Å². The van der Waals surface area contributed by atoms with Crippen LogP contribution >= 0.6 is 11.3 Å². The zero-order valence-corrected chi connectivity index (χ0v) is 15.6. The van der Waals surface area contributed by atoms with Crippen molar-refractivity contribution >= 4 is 28.3 Å². The van der Waals surface area contributed by atoms with Gasteiger partial charge in [-0.1, -0.05) is 18.6 Å². The molecule has 0 bridgehead atoms. The normalized spacial score (nSPS) is 19.3. The maximum atomic E-state index is 12.2. The summed E-state index contributed by atoms with van der Waals surface area (Å²) in [6.45, 7) is 5.63. The minimum atomic E-state index is -0.204. The van der Waals surface area contributed by atoms with Gasteiger partial charge in [0, 0.05) is 41.9 Å². The van der Waals surface area contributed by atoms with E-state index in [9.17, 15) is 9.59 Å². The van der Waals surface area contributed by atoms with Gasteiger partial charge in [0.2, 0.25) is 5.91 Å². The Bertz CT molecular complexity index is 886. The molecular formula is C19H20N4O2S. The molecule has 0 saturated carbocycles. The van der Waals surface area contributed by atoms with Crippen molar-refractivity contribution < 1.29 is 9.59 Å². The standard InChI is InChI=1S/C19H20N4O2S/c1-11-8-15(21-13(3)24)9-12(2)17(11)16-10-26-19(22-16)23-18(25)14-4-6-20-7-5-14/h4-11,17H,1-3H3,(H,21,24)(H,22,23,25). The lowest BCUT2D eigenvalue weighted by atomic mass is 9.81. The zero-order chi connectivity index (χ0) is 18.7. The first-order valence-corrected chi connectivity index (χ1v) is 9.16. The van der Waals surface area contributed by atoms with Crippen molar-refractivity contribution in [1.82, 2.24) is 15.3 Å². The van der Waals surface area contributed by atoms with E-state index in [1.807, 2.05) is 24.5 Å². The molecule has 2 atom stereocenters. The van der Waals surface area contributed by atoms with Crippen molar-refractivity contribution in [3.8, 4) is 0 Å². The largest absolute Gasteiger partial charge is 0.327 e. The number of carbonyl (C=O) groups excluding carboxylic acids is 2. The van der Waals surface area contributed by atoms with Crippen LogP contribution in [0.4, 0.5) is 5.13 Å². The van der Waals surface area contributed by atoms with E-state index in [-0.39, 0.29) is 23.7 Å². The van der Waals surface area contributed by atoms with Crippen molar-refractivity contribution in [2.45, 2.75) is 26.7 Å². The van der Waals surface area contributed by atoms with Crippen molar-refractivity contribution in [1.29, 1.82) is 0 Å². The van der Waals surface area contributed by atoms with Crippen LogP contribution in [0.15, 0.2) is 53.3 Å². The molecule has 2 amide bonds. The Morgan fingerprint density at radius 3 is 2.58 bits per heavy atom. The molecule has 7 heteroatoms. The van der Waals surface area contributed by atoms with E-state index in [1.54, 1.807) is 24.5 Å². The summed E-state index contributed by atoms with van der Waals surface area (Å²) in [6, 6.07) is 3.32. The van der Waals surface area contributed by atoms with Crippen molar-refractivity contribution in [2.24, 2.45) is 5.92 Å². The molecule has 0 fully saturated rings. The van der Waals surface area contributed by atoms with Gasteiger partial charge in [-0.25, -0.2) is 4.98 Å². The van der Waals surface area contributed by atoms with Crippen LogP contribution in [0.2, 0.25) is 0 Å². The number of hydrogen-bond acceptors (Lipinski definition) is 5. The lowest BCUT2D eigenvalue weighted by molar-refractivity contribution is -0.118. The van der Waals surface area contributed by atoms with Crippen LogP contribution in [0, 0.1) is 5.92 Å². The summed E-state index contributed by atoms with van der Waals surface area (Å²) in [5, 5.41) is 8.20. The molecular weight excluding hydrogens is 348 g/mol. The first-order valence-electron chi connectivity index (χ1n) is 8.28. The summed E-state index contributed by atoms with van der Waals surface area (Å²) < 4.78 is 0. The number of thiazole rings is 1. The van der Waals surface area contributed by atoms with Gasteiger partial charge in [0.25, 0.3) is 5.91 Å². The summed E-state index contributed by atoms with van der Waals surface area (Å²) in [5.41, 5.74) is 3.40. The fraction of sp³-hybridized carbons (Fsp3) is 0.263. The highest BCUT2D eigenvalue weighted by Crippen LogP contribution is 2.37. The Hall–Kier alpha value is -2.80. The molecule has 0 saturated heterocycles. The third kappa shape index (κ3) is 4.05. The third-order valence-electron chi connectivity index (χ3n) is 4.17. The van der Waals surface area contributed by atoms with E-state index in [2.05, 4.69) is 27.5 Å². The number of anilines is 1. The van der Waals surface area contributed by atoms with Crippen LogP contribution in [-0.4, -0.2) is 21.8 Å². The van der Waals surface area contributed by atoms with Gasteiger partial charge >= 0.3 is 0 Å². The number of amides is 2. The van der Waals surface area contributed by atoms with Crippen LogP contribution in [0.1, 0.15) is 42.7 Å². The molecule has 2 N–H and O–H groups in total. The lowest BCUT2D eigenvalue weighted by Gasteiger charge is -2.26. The van der Waals surface area contributed by atoms with E-state index in [0.29, 0.717) is 10.7 Å². The summed E-state index contributed by atoms with van der Waals surface area (Å²) >= 11 is 1.41. The number of aromatic nitrogens is 2. The fourth-order valence-corrected chi connectivity index (χ4v) is 3.86. The average Bonchev–Trinajstić information content (AvgIpc) is 3.02. The van der Waals surface area contributed by atoms with E-state index in [4.69, 9.17) is 0 Å². The Morgan fingerprint density at radius 1 is 1.19 bits per heavy atom. The third-order valence-corrected chi connectivity index (χ3v) is 4.94. The molecule has 2 unspecified atom stereocenters. The molecule has 0 radical (unpaired) electrons. The Morgan fingerprint density at radius 2 is 1.92 bits per heavy atom. The van der Waals surface area contributed by atoms with Crippen LogP contribution in [0.25, 0.3) is 0 Å². The van der Waals surface area contributed by atoms with Gasteiger partial charge < -0.3 is 5.32 Å². The van der Waals surface area contributed by atoms with Gasteiger partial charge in [-0.3, -0.25) is 19.9 Å². The summed E-state index contributed by atoms with van der Waals surface area (Å²) in [4.78, 5) is 32.0. The molecule has 0 spiro atoms. The van der Waals surface area contributed by atoms with Crippen molar-refractivity contribution in [3.05, 3.63) is 64.6 Å². The summed E-state index contributed by atoms with van der Waals surface area (Å²) in [7, 11) is 0.